The number of aliphatic imine (C=N–C) groups is 1. The van der Waals surface area contributed by atoms with Gasteiger partial charge in [0.05, 0.1) is 16.7 Å². The van der Waals surface area contributed by atoms with Gasteiger partial charge in [-0.1, -0.05) is 6.07 Å². The molecule has 0 amide bonds. The Kier molecular flexibility index (Phi) is 8.92. The van der Waals surface area contributed by atoms with Crippen LogP contribution >= 0.6 is 51.2 Å². The smallest absolute Gasteiger partial charge is 0.191 e. The van der Waals surface area contributed by atoms with Crippen LogP contribution in [0, 0.1) is 5.82 Å². The molecule has 9 heteroatoms. The third-order valence-electron chi connectivity index (χ3n) is 3.03. The molecule has 0 aliphatic rings. The molecule has 1 aromatic carbocycles. The molecule has 2 N–H and O–H groups in total. The Labute approximate surface area is 170 Å². The van der Waals surface area contributed by atoms with Crippen LogP contribution in [0.3, 0.4) is 0 Å². The van der Waals surface area contributed by atoms with E-state index in [0.29, 0.717) is 23.5 Å². The van der Waals surface area contributed by atoms with E-state index in [1.165, 1.54) is 6.07 Å². The van der Waals surface area contributed by atoms with Gasteiger partial charge in [-0.15, -0.1) is 35.3 Å². The molecule has 2 aromatic rings. The second-order valence-electron chi connectivity index (χ2n) is 5.04. The lowest BCUT2D eigenvalue weighted by atomic mass is 10.2. The summed E-state index contributed by atoms with van der Waals surface area (Å²) in [5.41, 5.74) is 1.80. The molecule has 0 atom stereocenters. The van der Waals surface area contributed by atoms with Gasteiger partial charge in [0.2, 0.25) is 0 Å². The number of rotatable bonds is 5. The summed E-state index contributed by atoms with van der Waals surface area (Å²) in [6, 6.07) is 5.05. The monoisotopic (exact) mass is 527 g/mol. The number of hydrogen-bond acceptors (Lipinski definition) is 4. The van der Waals surface area contributed by atoms with Crippen molar-refractivity contribution in [3.63, 3.8) is 0 Å². The number of nitrogens with one attached hydrogen (secondary N) is 2. The maximum Gasteiger partial charge on any atom is 0.191 e. The normalized spacial score (nSPS) is 11.0. The quantitative estimate of drug-likeness (QED) is 0.354. The molecule has 0 spiro atoms. The SMILES string of the molecule is CN=C(NCc1ccc(Br)c(F)c1)NCc1csc(N(C)C)n1.I. The highest BCUT2D eigenvalue weighted by Crippen LogP contribution is 2.18. The first kappa shape index (κ1) is 21.1. The molecular weight excluding hydrogens is 508 g/mol. The van der Waals surface area contributed by atoms with Crippen LogP contribution in [0.4, 0.5) is 9.52 Å². The van der Waals surface area contributed by atoms with Gasteiger partial charge in [-0.2, -0.15) is 0 Å². The fourth-order valence-electron chi connectivity index (χ4n) is 1.81. The summed E-state index contributed by atoms with van der Waals surface area (Å²) in [6.45, 7) is 1.07. The van der Waals surface area contributed by atoms with Crippen LogP contribution in [-0.2, 0) is 13.1 Å². The molecule has 2 rings (SSSR count). The second kappa shape index (κ2) is 10.1. The van der Waals surface area contributed by atoms with E-state index in [-0.39, 0.29) is 29.8 Å². The van der Waals surface area contributed by atoms with Gasteiger partial charge < -0.3 is 15.5 Å². The van der Waals surface area contributed by atoms with Crippen molar-refractivity contribution in [2.75, 3.05) is 26.0 Å². The Morgan fingerprint density at radius 1 is 1.33 bits per heavy atom. The number of aromatic nitrogens is 1. The maximum atomic E-state index is 13.5. The van der Waals surface area contributed by atoms with E-state index >= 15 is 0 Å². The minimum atomic E-state index is -0.272. The molecule has 1 aromatic heterocycles. The second-order valence-corrected chi connectivity index (χ2v) is 6.73. The molecule has 0 saturated heterocycles. The van der Waals surface area contributed by atoms with Crippen LogP contribution in [0.1, 0.15) is 11.3 Å². The number of halogens is 3. The van der Waals surface area contributed by atoms with Crippen molar-refractivity contribution in [1.29, 1.82) is 0 Å². The van der Waals surface area contributed by atoms with Gasteiger partial charge in [0, 0.05) is 33.1 Å². The molecule has 0 saturated carbocycles. The number of hydrogen-bond donors (Lipinski definition) is 2. The van der Waals surface area contributed by atoms with Gasteiger partial charge in [-0.05, 0) is 33.6 Å². The van der Waals surface area contributed by atoms with Crippen molar-refractivity contribution in [3.05, 3.63) is 45.1 Å². The zero-order chi connectivity index (χ0) is 16.8. The first-order chi connectivity index (χ1) is 11.0. The highest BCUT2D eigenvalue weighted by molar-refractivity contribution is 14.0. The highest BCUT2D eigenvalue weighted by Gasteiger charge is 2.05. The van der Waals surface area contributed by atoms with Crippen LogP contribution in [0.5, 0.6) is 0 Å². The lowest BCUT2D eigenvalue weighted by Crippen LogP contribution is -2.36. The molecule has 132 valence electrons. The Morgan fingerprint density at radius 3 is 2.62 bits per heavy atom. The van der Waals surface area contributed by atoms with E-state index in [1.54, 1.807) is 24.5 Å². The molecule has 1 heterocycles. The average molecular weight is 528 g/mol. The first-order valence-electron chi connectivity index (χ1n) is 6.99. The van der Waals surface area contributed by atoms with Crippen molar-refractivity contribution < 1.29 is 4.39 Å². The van der Waals surface area contributed by atoms with Gasteiger partial charge in [0.1, 0.15) is 5.82 Å². The number of benzene rings is 1. The van der Waals surface area contributed by atoms with Crippen LogP contribution in [0.2, 0.25) is 0 Å². The van der Waals surface area contributed by atoms with Crippen molar-refractivity contribution >= 4 is 62.3 Å². The predicted molar refractivity (Wildman–Crippen MR) is 113 cm³/mol. The van der Waals surface area contributed by atoms with Crippen molar-refractivity contribution in [2.45, 2.75) is 13.1 Å². The fourth-order valence-corrected chi connectivity index (χ4v) is 2.82. The van der Waals surface area contributed by atoms with Gasteiger partial charge in [0.15, 0.2) is 11.1 Å². The van der Waals surface area contributed by atoms with Gasteiger partial charge >= 0.3 is 0 Å². The van der Waals surface area contributed by atoms with E-state index in [4.69, 9.17) is 0 Å². The number of guanidine groups is 1. The molecule has 0 fully saturated rings. The van der Waals surface area contributed by atoms with Gasteiger partial charge in [0.25, 0.3) is 0 Å². The van der Waals surface area contributed by atoms with Crippen LogP contribution < -0.4 is 15.5 Å². The third kappa shape index (κ3) is 6.17. The molecule has 0 aliphatic carbocycles. The fraction of sp³-hybridized carbons (Fsp3) is 0.333. The molecule has 0 bridgehead atoms. The number of thiazole rings is 1. The zero-order valence-electron chi connectivity index (χ0n) is 13.6. The lowest BCUT2D eigenvalue weighted by Gasteiger charge is -2.11. The summed E-state index contributed by atoms with van der Waals surface area (Å²) in [5.74, 6) is 0.374. The number of anilines is 1. The minimum Gasteiger partial charge on any atom is -0.354 e. The third-order valence-corrected chi connectivity index (χ3v) is 4.73. The van der Waals surface area contributed by atoms with Gasteiger partial charge in [-0.3, -0.25) is 4.99 Å². The van der Waals surface area contributed by atoms with E-state index in [1.807, 2.05) is 30.4 Å². The van der Waals surface area contributed by atoms with E-state index in [9.17, 15) is 4.39 Å². The van der Waals surface area contributed by atoms with E-state index in [2.05, 4.69) is 36.5 Å². The molecule has 24 heavy (non-hydrogen) atoms. The average Bonchev–Trinajstić information content (AvgIpc) is 3.00. The van der Waals surface area contributed by atoms with Crippen LogP contribution in [0.25, 0.3) is 0 Å². The van der Waals surface area contributed by atoms with E-state index < -0.39 is 0 Å². The Bertz CT molecular complexity index is 692. The molecule has 0 radical (unpaired) electrons. The lowest BCUT2D eigenvalue weighted by molar-refractivity contribution is 0.617. The van der Waals surface area contributed by atoms with E-state index in [0.717, 1.165) is 16.4 Å². The minimum absolute atomic E-state index is 0. The topological polar surface area (TPSA) is 52.6 Å². The summed E-state index contributed by atoms with van der Waals surface area (Å²) in [5, 5.41) is 9.33. The molecular formula is C15H20BrFIN5S. The summed E-state index contributed by atoms with van der Waals surface area (Å²) in [6.07, 6.45) is 0. The Morgan fingerprint density at radius 2 is 2.04 bits per heavy atom. The Balaban J connectivity index is 0.00000288. The number of nitrogens with zero attached hydrogens (tertiary/aromatic N) is 3. The summed E-state index contributed by atoms with van der Waals surface area (Å²) >= 11 is 4.74. The largest absolute Gasteiger partial charge is 0.354 e. The summed E-state index contributed by atoms with van der Waals surface area (Å²) in [4.78, 5) is 10.6. The molecule has 0 aliphatic heterocycles. The van der Waals surface area contributed by atoms with Crippen LogP contribution in [0.15, 0.2) is 33.0 Å². The maximum absolute atomic E-state index is 13.5. The summed E-state index contributed by atoms with van der Waals surface area (Å²) < 4.78 is 14.0. The molecule has 5 nitrogen and oxygen atoms in total. The predicted octanol–water partition coefficient (Wildman–Crippen LogP) is 3.59. The van der Waals surface area contributed by atoms with Crippen molar-refractivity contribution in [1.82, 2.24) is 15.6 Å². The standard InChI is InChI=1S/C15H19BrFN5S.HI/c1-18-14(19-7-10-4-5-12(16)13(17)6-10)20-8-11-9-23-15(21-11)22(2)3;/h4-6,9H,7-8H2,1-3H3,(H2,18,19,20);1H. The zero-order valence-corrected chi connectivity index (χ0v) is 18.4. The first-order valence-corrected chi connectivity index (χ1v) is 8.67. The molecule has 0 unspecified atom stereocenters. The van der Waals surface area contributed by atoms with Gasteiger partial charge in [-0.25, -0.2) is 9.37 Å². The van der Waals surface area contributed by atoms with Crippen molar-refractivity contribution in [3.8, 4) is 0 Å². The highest BCUT2D eigenvalue weighted by atomic mass is 127. The van der Waals surface area contributed by atoms with Crippen LogP contribution in [-0.4, -0.2) is 32.1 Å². The summed E-state index contributed by atoms with van der Waals surface area (Å²) in [7, 11) is 5.63. The Hall–Kier alpha value is -0.940. The van der Waals surface area contributed by atoms with Crippen molar-refractivity contribution in [2.24, 2.45) is 4.99 Å².